The molecule has 2 aromatic rings. The molecule has 0 N–H and O–H groups in total. The topological polar surface area (TPSA) is 71.5 Å². The lowest BCUT2D eigenvalue weighted by atomic mass is 10.0. The molecule has 3 rings (SSSR count). The molecule has 130 valence electrons. The summed E-state index contributed by atoms with van der Waals surface area (Å²) in [4.78, 5) is 1.50. The molecule has 0 spiro atoms. The molecule has 1 unspecified atom stereocenters. The summed E-state index contributed by atoms with van der Waals surface area (Å²) in [7, 11) is -7.01. The molecule has 1 aromatic carbocycles. The standard InChI is InChI=1S/C16H19NO4S3/c1-3-15-14-9-11-22-16(14)8-10-17(15)24(20,21)13-6-4-12(5-7-13)23(2,18)19/h4-7,9,11,15H,3,8,10H2,1-2H3. The van der Waals surface area contributed by atoms with Gasteiger partial charge in [0.2, 0.25) is 10.0 Å². The highest BCUT2D eigenvalue weighted by molar-refractivity contribution is 7.90. The Morgan fingerprint density at radius 3 is 2.29 bits per heavy atom. The first kappa shape index (κ1) is 17.6. The van der Waals surface area contributed by atoms with Crippen LogP contribution in [0.25, 0.3) is 0 Å². The maximum Gasteiger partial charge on any atom is 0.243 e. The molecule has 8 heteroatoms. The van der Waals surface area contributed by atoms with Gasteiger partial charge in [-0.15, -0.1) is 11.3 Å². The average Bonchev–Trinajstić information content (AvgIpc) is 3.01. The van der Waals surface area contributed by atoms with Crippen LogP contribution in [0.4, 0.5) is 0 Å². The van der Waals surface area contributed by atoms with Crippen LogP contribution < -0.4 is 0 Å². The molecular weight excluding hydrogens is 366 g/mol. The van der Waals surface area contributed by atoms with E-state index in [1.54, 1.807) is 11.3 Å². The zero-order chi connectivity index (χ0) is 17.5. The summed E-state index contributed by atoms with van der Waals surface area (Å²) in [5.74, 6) is 0. The van der Waals surface area contributed by atoms with Crippen LogP contribution in [-0.2, 0) is 26.3 Å². The fourth-order valence-electron chi connectivity index (χ4n) is 3.08. The summed E-state index contributed by atoms with van der Waals surface area (Å²) in [5.41, 5.74) is 1.09. The van der Waals surface area contributed by atoms with Gasteiger partial charge in [0, 0.05) is 17.7 Å². The predicted octanol–water partition coefficient (Wildman–Crippen LogP) is 2.85. The van der Waals surface area contributed by atoms with E-state index in [0.717, 1.165) is 11.8 Å². The summed E-state index contributed by atoms with van der Waals surface area (Å²) in [6, 6.07) is 7.29. The molecular formula is C16H19NO4S3. The lowest BCUT2D eigenvalue weighted by molar-refractivity contribution is 0.303. The number of sulfone groups is 1. The highest BCUT2D eigenvalue weighted by Gasteiger charge is 2.36. The van der Waals surface area contributed by atoms with E-state index in [0.29, 0.717) is 19.4 Å². The normalized spacial score (nSPS) is 19.2. The maximum atomic E-state index is 13.0. The zero-order valence-corrected chi connectivity index (χ0v) is 15.9. The van der Waals surface area contributed by atoms with E-state index in [-0.39, 0.29) is 15.8 Å². The number of fused-ring (bicyclic) bond motifs is 1. The number of rotatable bonds is 4. The van der Waals surface area contributed by atoms with Gasteiger partial charge in [-0.25, -0.2) is 16.8 Å². The van der Waals surface area contributed by atoms with Gasteiger partial charge in [0.15, 0.2) is 9.84 Å². The summed E-state index contributed by atoms with van der Waals surface area (Å²) in [6.45, 7) is 2.43. The van der Waals surface area contributed by atoms with Crippen LogP contribution in [0.3, 0.4) is 0 Å². The molecule has 2 heterocycles. The van der Waals surface area contributed by atoms with Crippen LogP contribution in [0.1, 0.15) is 29.8 Å². The van der Waals surface area contributed by atoms with E-state index >= 15 is 0 Å². The Morgan fingerprint density at radius 2 is 1.71 bits per heavy atom. The van der Waals surface area contributed by atoms with Crippen molar-refractivity contribution in [3.63, 3.8) is 0 Å². The first-order valence-corrected chi connectivity index (χ1v) is 11.8. The van der Waals surface area contributed by atoms with Gasteiger partial charge in [0.05, 0.1) is 15.8 Å². The number of nitrogens with zero attached hydrogens (tertiary/aromatic N) is 1. The average molecular weight is 386 g/mol. The van der Waals surface area contributed by atoms with E-state index in [9.17, 15) is 16.8 Å². The maximum absolute atomic E-state index is 13.0. The van der Waals surface area contributed by atoms with Gasteiger partial charge in [0.1, 0.15) is 0 Å². The molecule has 1 atom stereocenters. The van der Waals surface area contributed by atoms with Gasteiger partial charge in [-0.05, 0) is 54.1 Å². The molecule has 1 aliphatic heterocycles. The third-order valence-electron chi connectivity index (χ3n) is 4.29. The van der Waals surface area contributed by atoms with Crippen molar-refractivity contribution in [1.82, 2.24) is 4.31 Å². The van der Waals surface area contributed by atoms with Crippen LogP contribution >= 0.6 is 11.3 Å². The first-order chi connectivity index (χ1) is 11.2. The van der Waals surface area contributed by atoms with Gasteiger partial charge in [-0.1, -0.05) is 6.92 Å². The van der Waals surface area contributed by atoms with Crippen molar-refractivity contribution in [2.24, 2.45) is 0 Å². The van der Waals surface area contributed by atoms with Gasteiger partial charge in [0.25, 0.3) is 0 Å². The number of benzene rings is 1. The molecule has 0 amide bonds. The number of hydrogen-bond donors (Lipinski definition) is 0. The molecule has 1 aromatic heterocycles. The van der Waals surface area contributed by atoms with Gasteiger partial charge >= 0.3 is 0 Å². The Balaban J connectivity index is 1.99. The molecule has 1 aliphatic rings. The molecule has 0 aliphatic carbocycles. The quantitative estimate of drug-likeness (QED) is 0.811. The fourth-order valence-corrected chi connectivity index (χ4v) is 6.32. The summed E-state index contributed by atoms with van der Waals surface area (Å²) in [6.07, 6.45) is 2.51. The van der Waals surface area contributed by atoms with Crippen molar-refractivity contribution in [1.29, 1.82) is 0 Å². The Bertz CT molecular complexity index is 943. The summed E-state index contributed by atoms with van der Waals surface area (Å²) in [5, 5.41) is 2.00. The minimum absolute atomic E-state index is 0.118. The van der Waals surface area contributed by atoms with Crippen LogP contribution in [-0.4, -0.2) is 33.9 Å². The van der Waals surface area contributed by atoms with E-state index < -0.39 is 19.9 Å². The smallest absolute Gasteiger partial charge is 0.224 e. The van der Waals surface area contributed by atoms with Crippen LogP contribution in [0.5, 0.6) is 0 Å². The second-order valence-electron chi connectivity index (χ2n) is 5.83. The van der Waals surface area contributed by atoms with Gasteiger partial charge in [-0.2, -0.15) is 4.31 Å². The monoisotopic (exact) mass is 385 g/mol. The number of hydrogen-bond acceptors (Lipinski definition) is 5. The van der Waals surface area contributed by atoms with Crippen molar-refractivity contribution in [3.05, 3.63) is 46.2 Å². The molecule has 24 heavy (non-hydrogen) atoms. The second kappa shape index (κ2) is 6.25. The first-order valence-electron chi connectivity index (χ1n) is 7.63. The largest absolute Gasteiger partial charge is 0.243 e. The fraction of sp³-hybridized carbons (Fsp3) is 0.375. The molecule has 0 radical (unpaired) electrons. The molecule has 5 nitrogen and oxygen atoms in total. The highest BCUT2D eigenvalue weighted by atomic mass is 32.2. The van der Waals surface area contributed by atoms with E-state index in [2.05, 4.69) is 0 Å². The van der Waals surface area contributed by atoms with Crippen molar-refractivity contribution < 1.29 is 16.8 Å². The van der Waals surface area contributed by atoms with Crippen LogP contribution in [0.15, 0.2) is 45.5 Å². The number of thiophene rings is 1. The van der Waals surface area contributed by atoms with E-state index in [1.165, 1.54) is 33.4 Å². The predicted molar refractivity (Wildman–Crippen MR) is 94.5 cm³/mol. The SMILES string of the molecule is CCC1c2ccsc2CCN1S(=O)(=O)c1ccc(S(C)(=O)=O)cc1. The third kappa shape index (κ3) is 3.03. The summed E-state index contributed by atoms with van der Waals surface area (Å²) >= 11 is 1.67. The number of sulfonamides is 1. The van der Waals surface area contributed by atoms with E-state index in [4.69, 9.17) is 0 Å². The summed E-state index contributed by atoms with van der Waals surface area (Å²) < 4.78 is 50.7. The van der Waals surface area contributed by atoms with Crippen molar-refractivity contribution >= 4 is 31.2 Å². The van der Waals surface area contributed by atoms with Crippen molar-refractivity contribution in [3.8, 4) is 0 Å². The zero-order valence-electron chi connectivity index (χ0n) is 13.5. The Labute approximate surface area is 146 Å². The second-order valence-corrected chi connectivity index (χ2v) is 10.7. The van der Waals surface area contributed by atoms with Crippen molar-refractivity contribution in [2.75, 3.05) is 12.8 Å². The lowest BCUT2D eigenvalue weighted by Gasteiger charge is -2.34. The van der Waals surface area contributed by atoms with Crippen LogP contribution in [0, 0.1) is 0 Å². The molecule has 0 saturated heterocycles. The molecule has 0 fully saturated rings. The Hall–Kier alpha value is -1.22. The van der Waals surface area contributed by atoms with Gasteiger partial charge in [-0.3, -0.25) is 0 Å². The lowest BCUT2D eigenvalue weighted by Crippen LogP contribution is -2.39. The van der Waals surface area contributed by atoms with Crippen LogP contribution in [0.2, 0.25) is 0 Å². The Morgan fingerprint density at radius 1 is 1.08 bits per heavy atom. The Kier molecular flexibility index (Phi) is 4.59. The third-order valence-corrected chi connectivity index (χ3v) is 8.34. The van der Waals surface area contributed by atoms with Gasteiger partial charge < -0.3 is 0 Å². The minimum Gasteiger partial charge on any atom is -0.224 e. The minimum atomic E-state index is -3.66. The van der Waals surface area contributed by atoms with E-state index in [1.807, 2.05) is 18.4 Å². The molecule has 0 saturated carbocycles. The van der Waals surface area contributed by atoms with Crippen molar-refractivity contribution in [2.45, 2.75) is 35.6 Å². The highest BCUT2D eigenvalue weighted by Crippen LogP contribution is 2.38. The molecule has 0 bridgehead atoms.